The summed E-state index contributed by atoms with van der Waals surface area (Å²) >= 11 is 0. The van der Waals surface area contributed by atoms with Crippen molar-refractivity contribution in [3.8, 4) is 5.75 Å². The lowest BCUT2D eigenvalue weighted by molar-refractivity contribution is -0.189. The van der Waals surface area contributed by atoms with Crippen LogP contribution in [0, 0.1) is 0 Å². The van der Waals surface area contributed by atoms with Gasteiger partial charge in [0.2, 0.25) is 11.8 Å². The number of nitrogens with one attached hydrogen (secondary N) is 1. The first kappa shape index (κ1) is 36.4. The molecule has 3 aromatic rings. The van der Waals surface area contributed by atoms with E-state index in [-0.39, 0.29) is 56.2 Å². The predicted molar refractivity (Wildman–Crippen MR) is 202 cm³/mol. The van der Waals surface area contributed by atoms with E-state index in [1.165, 1.54) is 0 Å². The third-order valence-corrected chi connectivity index (χ3v) is 11.1. The van der Waals surface area contributed by atoms with Crippen molar-refractivity contribution in [3.63, 3.8) is 0 Å². The van der Waals surface area contributed by atoms with Crippen LogP contribution in [0.4, 0.5) is 10.6 Å². The fourth-order valence-electron chi connectivity index (χ4n) is 8.18. The SMILES string of the molecule is C=CCN1CC(=O)N2C(Cc3ccc(O)cc3)C(=O)N(Cc3cccc(N4CC(N5CCN(CC)[C@@H](C)C5)C4)n3)CC2N1C(=O)NCc1ccccc1. The third-order valence-electron chi connectivity index (χ3n) is 11.1. The molecule has 0 saturated carbocycles. The van der Waals surface area contributed by atoms with Crippen molar-refractivity contribution in [2.75, 3.05) is 63.8 Å². The minimum absolute atomic E-state index is 0.0751. The van der Waals surface area contributed by atoms with Gasteiger partial charge in [0.05, 0.1) is 25.3 Å². The maximum atomic E-state index is 14.5. The Bertz CT molecular complexity index is 1770. The molecule has 0 aliphatic carbocycles. The van der Waals surface area contributed by atoms with Gasteiger partial charge in [0.15, 0.2) is 0 Å². The molecule has 1 aromatic heterocycles. The number of likely N-dealkylation sites (N-methyl/N-ethyl adjacent to an activating group) is 1. The second-order valence-corrected chi connectivity index (χ2v) is 14.5. The second kappa shape index (κ2) is 15.9. The first-order valence-corrected chi connectivity index (χ1v) is 18.8. The molecule has 4 aliphatic rings. The summed E-state index contributed by atoms with van der Waals surface area (Å²) in [6.07, 6.45) is 1.13. The average molecular weight is 722 g/mol. The molecule has 280 valence electrons. The molecule has 0 bridgehead atoms. The second-order valence-electron chi connectivity index (χ2n) is 14.5. The molecule has 2 aromatic carbocycles. The van der Waals surface area contributed by atoms with Crippen LogP contribution < -0.4 is 10.2 Å². The minimum Gasteiger partial charge on any atom is -0.508 e. The molecular formula is C40H51N9O4. The molecule has 13 heteroatoms. The number of benzene rings is 2. The molecule has 4 saturated heterocycles. The predicted octanol–water partition coefficient (Wildman–Crippen LogP) is 2.74. The van der Waals surface area contributed by atoms with Gasteiger partial charge in [0, 0.05) is 64.3 Å². The first-order valence-electron chi connectivity index (χ1n) is 18.8. The van der Waals surface area contributed by atoms with E-state index in [1.54, 1.807) is 50.2 Å². The highest BCUT2D eigenvalue weighted by Gasteiger charge is 2.51. The lowest BCUT2D eigenvalue weighted by Crippen LogP contribution is -2.76. The Hall–Kier alpha value is -4.98. The number of hydrogen-bond donors (Lipinski definition) is 2. The summed E-state index contributed by atoms with van der Waals surface area (Å²) in [6.45, 7) is 15.4. The number of rotatable bonds is 11. The number of anilines is 1. The number of pyridine rings is 1. The van der Waals surface area contributed by atoms with E-state index in [2.05, 4.69) is 40.4 Å². The van der Waals surface area contributed by atoms with Gasteiger partial charge in [-0.1, -0.05) is 61.5 Å². The summed E-state index contributed by atoms with van der Waals surface area (Å²) in [5, 5.41) is 16.3. The summed E-state index contributed by atoms with van der Waals surface area (Å²) in [5.74, 6) is 0.559. The van der Waals surface area contributed by atoms with Crippen molar-refractivity contribution >= 4 is 23.7 Å². The summed E-state index contributed by atoms with van der Waals surface area (Å²) in [7, 11) is 0. The maximum absolute atomic E-state index is 14.5. The number of carbonyl (C=O) groups is 3. The van der Waals surface area contributed by atoms with Crippen molar-refractivity contribution in [3.05, 3.63) is 102 Å². The molecule has 5 heterocycles. The van der Waals surface area contributed by atoms with Gasteiger partial charge in [0.1, 0.15) is 23.8 Å². The largest absolute Gasteiger partial charge is 0.508 e. The van der Waals surface area contributed by atoms with Crippen LogP contribution in [0.2, 0.25) is 0 Å². The number of piperazine rings is 2. The first-order chi connectivity index (χ1) is 25.7. The number of carbonyl (C=O) groups excluding carboxylic acids is 3. The average Bonchev–Trinajstić information content (AvgIpc) is 3.13. The number of aromatic nitrogens is 1. The van der Waals surface area contributed by atoms with Gasteiger partial charge >= 0.3 is 6.03 Å². The normalized spacial score (nSPS) is 23.2. The zero-order valence-electron chi connectivity index (χ0n) is 30.8. The van der Waals surface area contributed by atoms with Crippen LogP contribution in [0.1, 0.15) is 30.7 Å². The van der Waals surface area contributed by atoms with Crippen molar-refractivity contribution < 1.29 is 19.5 Å². The van der Waals surface area contributed by atoms with Crippen molar-refractivity contribution in [2.45, 2.75) is 57.6 Å². The lowest BCUT2D eigenvalue weighted by atomic mass is 9.98. The molecule has 4 fully saturated rings. The minimum atomic E-state index is -0.865. The summed E-state index contributed by atoms with van der Waals surface area (Å²) < 4.78 is 0. The number of aromatic hydroxyl groups is 1. The summed E-state index contributed by atoms with van der Waals surface area (Å²) in [5.41, 5.74) is 2.48. The summed E-state index contributed by atoms with van der Waals surface area (Å²) in [6, 6.07) is 22.1. The number of urea groups is 1. The molecule has 13 nitrogen and oxygen atoms in total. The molecule has 53 heavy (non-hydrogen) atoms. The molecule has 0 radical (unpaired) electrons. The molecule has 7 rings (SSSR count). The monoisotopic (exact) mass is 721 g/mol. The van der Waals surface area contributed by atoms with Crippen LogP contribution in [0.3, 0.4) is 0 Å². The fourth-order valence-corrected chi connectivity index (χ4v) is 8.18. The van der Waals surface area contributed by atoms with E-state index < -0.39 is 12.2 Å². The topological polar surface area (TPSA) is 119 Å². The van der Waals surface area contributed by atoms with E-state index in [4.69, 9.17) is 4.98 Å². The van der Waals surface area contributed by atoms with Gasteiger partial charge in [-0.3, -0.25) is 19.4 Å². The Balaban J connectivity index is 1.12. The van der Waals surface area contributed by atoms with E-state index in [0.29, 0.717) is 18.6 Å². The fraction of sp³-hybridized carbons (Fsp3) is 0.450. The van der Waals surface area contributed by atoms with E-state index in [0.717, 1.165) is 61.9 Å². The number of phenolic OH excluding ortho intramolecular Hbond substituents is 1. The Morgan fingerprint density at radius 2 is 1.74 bits per heavy atom. The Kier molecular flexibility index (Phi) is 10.9. The number of hydrogen-bond acceptors (Lipinski definition) is 9. The van der Waals surface area contributed by atoms with Crippen LogP contribution in [-0.2, 0) is 29.1 Å². The van der Waals surface area contributed by atoms with Gasteiger partial charge in [0.25, 0.3) is 0 Å². The summed E-state index contributed by atoms with van der Waals surface area (Å²) in [4.78, 5) is 58.2. The van der Waals surface area contributed by atoms with Crippen LogP contribution >= 0.6 is 0 Å². The van der Waals surface area contributed by atoms with Crippen LogP contribution in [0.25, 0.3) is 0 Å². The Labute approximate surface area is 312 Å². The van der Waals surface area contributed by atoms with Crippen LogP contribution in [-0.4, -0.2) is 141 Å². The molecule has 4 amide bonds. The molecule has 2 unspecified atom stereocenters. The highest BCUT2D eigenvalue weighted by atomic mass is 16.3. The van der Waals surface area contributed by atoms with Crippen molar-refractivity contribution in [1.82, 2.24) is 39.9 Å². The maximum Gasteiger partial charge on any atom is 0.334 e. The molecule has 3 atom stereocenters. The van der Waals surface area contributed by atoms with Crippen molar-refractivity contribution in [1.29, 1.82) is 0 Å². The Morgan fingerprint density at radius 3 is 2.45 bits per heavy atom. The van der Waals surface area contributed by atoms with Gasteiger partial charge in [-0.05, 0) is 48.9 Å². The van der Waals surface area contributed by atoms with Gasteiger partial charge < -0.3 is 25.1 Å². The highest BCUT2D eigenvalue weighted by Crippen LogP contribution is 2.30. The third kappa shape index (κ3) is 7.87. The number of hydrazine groups is 1. The Morgan fingerprint density at radius 1 is 0.962 bits per heavy atom. The van der Waals surface area contributed by atoms with Crippen molar-refractivity contribution in [2.24, 2.45) is 0 Å². The smallest absolute Gasteiger partial charge is 0.334 e. The van der Waals surface area contributed by atoms with Crippen LogP contribution in [0.15, 0.2) is 85.5 Å². The lowest BCUT2D eigenvalue weighted by Gasteiger charge is -2.55. The molecule has 0 spiro atoms. The van der Waals surface area contributed by atoms with E-state index >= 15 is 0 Å². The standard InChI is InChI=1S/C40H51N9O4/c1-4-18-47-28-38(51)48-35(21-30-14-16-34(50)17-15-30)39(52)46(27-37(48)49(47)40(53)41-22-31-10-7-6-8-11-31)24-32-12-9-13-36(42-32)45-25-33(26-45)44-20-19-43(5-2)29(3)23-44/h4,6-17,29,33,35,37,50H,1,5,18-28H2,2-3H3,(H,41,53)/t29-,35?,37?/m0/s1. The molecule has 4 aliphatic heterocycles. The molecular weight excluding hydrogens is 670 g/mol. The number of phenols is 1. The van der Waals surface area contributed by atoms with E-state index in [1.807, 2.05) is 48.5 Å². The quantitative estimate of drug-likeness (QED) is 0.289. The zero-order valence-corrected chi connectivity index (χ0v) is 30.8. The number of nitrogens with zero attached hydrogens (tertiary/aromatic N) is 8. The number of amides is 4. The van der Waals surface area contributed by atoms with E-state index in [9.17, 15) is 19.5 Å². The van der Waals surface area contributed by atoms with Gasteiger partial charge in [-0.15, -0.1) is 6.58 Å². The van der Waals surface area contributed by atoms with Gasteiger partial charge in [-0.2, -0.15) is 0 Å². The zero-order chi connectivity index (χ0) is 37.1. The van der Waals surface area contributed by atoms with Gasteiger partial charge in [-0.25, -0.2) is 19.8 Å². The molecule has 2 N–H and O–H groups in total. The number of fused-ring (bicyclic) bond motifs is 1. The van der Waals surface area contributed by atoms with Crippen LogP contribution in [0.5, 0.6) is 5.75 Å². The highest BCUT2D eigenvalue weighted by molar-refractivity contribution is 5.91.